The minimum absolute atomic E-state index is 1.02. The van der Waals surface area contributed by atoms with Crippen molar-refractivity contribution in [2.75, 3.05) is 5.43 Å². The first-order chi connectivity index (χ1) is 5.86. The third kappa shape index (κ3) is 1.41. The van der Waals surface area contributed by atoms with Crippen LogP contribution in [0.5, 0.6) is 0 Å². The van der Waals surface area contributed by atoms with Crippen LogP contribution in [0.3, 0.4) is 0 Å². The van der Waals surface area contributed by atoms with E-state index in [-0.39, 0.29) is 0 Å². The topological polar surface area (TPSA) is 24.4 Å². The number of benzene rings is 1. The third-order valence-electron chi connectivity index (χ3n) is 1.64. The Morgan fingerprint density at radius 2 is 2.25 bits per heavy atom. The molecule has 1 N–H and O–H groups in total. The molecule has 0 unspecified atom stereocenters. The summed E-state index contributed by atoms with van der Waals surface area (Å²) < 4.78 is 1.05. The Hall–Kier alpha value is -1.09. The van der Waals surface area contributed by atoms with Gasteiger partial charge in [-0.1, -0.05) is 28.1 Å². The zero-order chi connectivity index (χ0) is 8.39. The first-order valence-corrected chi connectivity index (χ1v) is 4.41. The van der Waals surface area contributed by atoms with Gasteiger partial charge in [-0.25, -0.2) is 0 Å². The summed E-state index contributed by atoms with van der Waals surface area (Å²) in [6, 6.07) is 6.05. The van der Waals surface area contributed by atoms with Crippen molar-refractivity contribution in [3.05, 3.63) is 34.3 Å². The zero-order valence-corrected chi connectivity index (χ0v) is 7.88. The molecular formula is C9H7BrN2. The number of fused-ring (bicyclic) bond motifs is 1. The van der Waals surface area contributed by atoms with E-state index >= 15 is 0 Å². The van der Waals surface area contributed by atoms with Gasteiger partial charge in [0.2, 0.25) is 0 Å². The van der Waals surface area contributed by atoms with Gasteiger partial charge in [-0.3, -0.25) is 5.43 Å². The molecule has 0 bridgehead atoms. The fraction of sp³-hybridized carbons (Fsp3) is 0. The summed E-state index contributed by atoms with van der Waals surface area (Å²) in [7, 11) is 0. The van der Waals surface area contributed by atoms with Crippen molar-refractivity contribution >= 4 is 33.9 Å². The van der Waals surface area contributed by atoms with Gasteiger partial charge in [0.05, 0.1) is 5.69 Å². The van der Waals surface area contributed by atoms with Crippen LogP contribution < -0.4 is 5.43 Å². The Labute approximate surface area is 79.1 Å². The predicted molar refractivity (Wildman–Crippen MR) is 55.3 cm³/mol. The lowest BCUT2D eigenvalue weighted by Gasteiger charge is -2.03. The van der Waals surface area contributed by atoms with E-state index in [9.17, 15) is 0 Å². The molecule has 0 radical (unpaired) electrons. The van der Waals surface area contributed by atoms with E-state index in [1.165, 1.54) is 0 Å². The number of rotatable bonds is 0. The second-order valence-electron chi connectivity index (χ2n) is 2.48. The van der Waals surface area contributed by atoms with E-state index in [1.54, 1.807) is 6.21 Å². The van der Waals surface area contributed by atoms with Crippen molar-refractivity contribution in [1.29, 1.82) is 0 Å². The number of halogens is 1. The van der Waals surface area contributed by atoms with Gasteiger partial charge in [0.1, 0.15) is 0 Å². The highest BCUT2D eigenvalue weighted by Gasteiger charge is 2.00. The Kier molecular flexibility index (Phi) is 1.96. The maximum Gasteiger partial charge on any atom is 0.0645 e. The smallest absolute Gasteiger partial charge is 0.0645 e. The van der Waals surface area contributed by atoms with E-state index in [0.29, 0.717) is 0 Å². The van der Waals surface area contributed by atoms with Crippen molar-refractivity contribution in [2.24, 2.45) is 5.10 Å². The van der Waals surface area contributed by atoms with Gasteiger partial charge in [-0.05, 0) is 23.8 Å². The number of allylic oxidation sites excluding steroid dienone is 1. The third-order valence-corrected chi connectivity index (χ3v) is 2.13. The SMILES string of the molecule is Brc1ccc2c(c1)NN=CC=C2. The van der Waals surface area contributed by atoms with Crippen LogP contribution in [0.2, 0.25) is 0 Å². The van der Waals surface area contributed by atoms with E-state index < -0.39 is 0 Å². The average molecular weight is 223 g/mol. The van der Waals surface area contributed by atoms with Gasteiger partial charge in [-0.2, -0.15) is 5.10 Å². The molecule has 60 valence electrons. The molecule has 12 heavy (non-hydrogen) atoms. The summed E-state index contributed by atoms with van der Waals surface area (Å²) in [5.41, 5.74) is 5.11. The van der Waals surface area contributed by atoms with Gasteiger partial charge in [0, 0.05) is 10.7 Å². The van der Waals surface area contributed by atoms with Crippen molar-refractivity contribution in [3.8, 4) is 0 Å². The molecule has 2 nitrogen and oxygen atoms in total. The molecule has 0 amide bonds. The monoisotopic (exact) mass is 222 g/mol. The molecule has 2 rings (SSSR count). The van der Waals surface area contributed by atoms with E-state index in [1.807, 2.05) is 30.4 Å². The van der Waals surface area contributed by atoms with Crippen LogP contribution in [0.1, 0.15) is 5.56 Å². The molecule has 1 aliphatic rings. The van der Waals surface area contributed by atoms with Crippen LogP contribution in [0, 0.1) is 0 Å². The number of nitrogens with zero attached hydrogens (tertiary/aromatic N) is 1. The van der Waals surface area contributed by atoms with Crippen LogP contribution >= 0.6 is 15.9 Å². The van der Waals surface area contributed by atoms with Crippen molar-refractivity contribution in [2.45, 2.75) is 0 Å². The highest BCUT2D eigenvalue weighted by Crippen LogP contribution is 2.23. The number of anilines is 1. The van der Waals surface area contributed by atoms with Gasteiger partial charge in [0.25, 0.3) is 0 Å². The standard InChI is InChI=1S/C9H7BrN2/c10-8-4-3-7-2-1-5-11-12-9(7)6-8/h1-6,12H. The minimum Gasteiger partial charge on any atom is -0.278 e. The number of hydrogen-bond donors (Lipinski definition) is 1. The van der Waals surface area contributed by atoms with Crippen molar-refractivity contribution in [3.63, 3.8) is 0 Å². The maximum atomic E-state index is 3.97. The Morgan fingerprint density at radius 1 is 1.33 bits per heavy atom. The molecule has 1 heterocycles. The molecule has 0 atom stereocenters. The summed E-state index contributed by atoms with van der Waals surface area (Å²) in [6.07, 6.45) is 5.66. The molecule has 1 aromatic rings. The Bertz CT molecular complexity index is 356. The molecule has 0 fully saturated rings. The highest BCUT2D eigenvalue weighted by molar-refractivity contribution is 9.10. The summed E-state index contributed by atoms with van der Waals surface area (Å²) in [6.45, 7) is 0. The molecule has 0 aliphatic carbocycles. The Morgan fingerprint density at radius 3 is 3.17 bits per heavy atom. The van der Waals surface area contributed by atoms with Crippen LogP contribution in [-0.4, -0.2) is 6.21 Å². The summed E-state index contributed by atoms with van der Waals surface area (Å²) in [4.78, 5) is 0. The molecule has 1 aromatic carbocycles. The molecule has 0 spiro atoms. The van der Waals surface area contributed by atoms with Gasteiger partial charge < -0.3 is 0 Å². The van der Waals surface area contributed by atoms with Crippen LogP contribution in [0.15, 0.2) is 33.8 Å². The fourth-order valence-electron chi connectivity index (χ4n) is 1.07. The summed E-state index contributed by atoms with van der Waals surface area (Å²) >= 11 is 3.40. The molecule has 0 aromatic heterocycles. The first kappa shape index (κ1) is 7.55. The second-order valence-corrected chi connectivity index (χ2v) is 3.40. The van der Waals surface area contributed by atoms with Gasteiger partial charge in [-0.15, -0.1) is 0 Å². The maximum absolute atomic E-state index is 3.97. The first-order valence-electron chi connectivity index (χ1n) is 3.61. The molecule has 3 heteroatoms. The quantitative estimate of drug-likeness (QED) is 0.718. The van der Waals surface area contributed by atoms with E-state index in [0.717, 1.165) is 15.7 Å². The molecular weight excluding hydrogens is 216 g/mol. The molecule has 0 saturated heterocycles. The van der Waals surface area contributed by atoms with Crippen molar-refractivity contribution < 1.29 is 0 Å². The van der Waals surface area contributed by atoms with Gasteiger partial charge in [0.15, 0.2) is 0 Å². The normalized spacial score (nSPS) is 13.4. The lowest BCUT2D eigenvalue weighted by atomic mass is 10.2. The predicted octanol–water partition coefficient (Wildman–Crippen LogP) is 2.87. The van der Waals surface area contributed by atoms with Crippen LogP contribution in [-0.2, 0) is 0 Å². The van der Waals surface area contributed by atoms with E-state index in [2.05, 4.69) is 26.5 Å². The number of hydrogen-bond acceptors (Lipinski definition) is 2. The van der Waals surface area contributed by atoms with Crippen LogP contribution in [0.4, 0.5) is 5.69 Å². The Balaban J connectivity index is 2.53. The number of hydrazone groups is 1. The molecule has 1 aliphatic heterocycles. The van der Waals surface area contributed by atoms with Gasteiger partial charge >= 0.3 is 0 Å². The second kappa shape index (κ2) is 3.11. The lowest BCUT2D eigenvalue weighted by Crippen LogP contribution is -1.88. The lowest BCUT2D eigenvalue weighted by molar-refractivity contribution is 1.35. The van der Waals surface area contributed by atoms with Crippen molar-refractivity contribution in [1.82, 2.24) is 0 Å². The fourth-order valence-corrected chi connectivity index (χ4v) is 1.43. The van der Waals surface area contributed by atoms with E-state index in [4.69, 9.17) is 0 Å². The minimum atomic E-state index is 1.02. The zero-order valence-electron chi connectivity index (χ0n) is 6.29. The summed E-state index contributed by atoms with van der Waals surface area (Å²) in [5.74, 6) is 0. The summed E-state index contributed by atoms with van der Waals surface area (Å²) in [5, 5.41) is 3.97. The number of nitrogens with one attached hydrogen (secondary N) is 1. The largest absolute Gasteiger partial charge is 0.278 e. The molecule has 0 saturated carbocycles. The van der Waals surface area contributed by atoms with Crippen LogP contribution in [0.25, 0.3) is 6.08 Å². The average Bonchev–Trinajstić information content (AvgIpc) is 2.28. The highest BCUT2D eigenvalue weighted by atomic mass is 79.9.